The average Bonchev–Trinajstić information content (AvgIpc) is 1.97. The molecule has 1 nitrogen and oxygen atoms in total. The number of hydrogen-bond donors (Lipinski definition) is 1. The third-order valence-corrected chi connectivity index (χ3v) is 2.84. The summed E-state index contributed by atoms with van der Waals surface area (Å²) < 4.78 is 0. The standard InChI is InChI=1S/C12H26O/c1-6-11(7-2)9-12(4,5)8-10(3)13/h10-11,13H,6-9H2,1-5H3. The molecule has 0 aromatic heterocycles. The second-order valence-corrected chi connectivity index (χ2v) is 5.10. The summed E-state index contributed by atoms with van der Waals surface area (Å²) in [5.74, 6) is 0.828. The summed E-state index contributed by atoms with van der Waals surface area (Å²) in [6.45, 7) is 10.9. The van der Waals surface area contributed by atoms with Gasteiger partial charge in [0.2, 0.25) is 0 Å². The van der Waals surface area contributed by atoms with Gasteiger partial charge in [-0.1, -0.05) is 40.5 Å². The molecular weight excluding hydrogens is 160 g/mol. The van der Waals surface area contributed by atoms with E-state index >= 15 is 0 Å². The molecule has 0 aliphatic rings. The first-order valence-electron chi connectivity index (χ1n) is 5.59. The van der Waals surface area contributed by atoms with Crippen LogP contribution in [0.25, 0.3) is 0 Å². The van der Waals surface area contributed by atoms with E-state index in [0.29, 0.717) is 5.41 Å². The summed E-state index contributed by atoms with van der Waals surface area (Å²) in [5, 5.41) is 9.35. The highest BCUT2D eigenvalue weighted by molar-refractivity contribution is 4.74. The Morgan fingerprint density at radius 2 is 1.54 bits per heavy atom. The molecule has 0 aliphatic carbocycles. The van der Waals surface area contributed by atoms with Crippen LogP contribution in [0.1, 0.15) is 60.3 Å². The number of rotatable bonds is 6. The Labute approximate surface area is 83.5 Å². The number of aliphatic hydroxyl groups is 1. The maximum atomic E-state index is 9.35. The fraction of sp³-hybridized carbons (Fsp3) is 1.00. The van der Waals surface area contributed by atoms with Crippen molar-refractivity contribution in [3.63, 3.8) is 0 Å². The van der Waals surface area contributed by atoms with Gasteiger partial charge in [0.25, 0.3) is 0 Å². The zero-order valence-corrected chi connectivity index (χ0v) is 9.93. The van der Waals surface area contributed by atoms with Crippen molar-refractivity contribution in [2.24, 2.45) is 11.3 Å². The summed E-state index contributed by atoms with van der Waals surface area (Å²) in [6, 6.07) is 0. The molecule has 0 aromatic rings. The van der Waals surface area contributed by atoms with Crippen LogP contribution in [-0.2, 0) is 0 Å². The van der Waals surface area contributed by atoms with Gasteiger partial charge in [0.1, 0.15) is 0 Å². The molecule has 0 fully saturated rings. The molecule has 1 heteroatoms. The smallest absolute Gasteiger partial charge is 0.0517 e. The van der Waals surface area contributed by atoms with Gasteiger partial charge in [0.15, 0.2) is 0 Å². The van der Waals surface area contributed by atoms with Crippen LogP contribution in [0.3, 0.4) is 0 Å². The van der Waals surface area contributed by atoms with Crippen molar-refractivity contribution in [3.8, 4) is 0 Å². The van der Waals surface area contributed by atoms with Crippen LogP contribution in [-0.4, -0.2) is 11.2 Å². The van der Waals surface area contributed by atoms with E-state index in [9.17, 15) is 5.11 Å². The number of aliphatic hydroxyl groups excluding tert-OH is 1. The van der Waals surface area contributed by atoms with Crippen molar-refractivity contribution < 1.29 is 5.11 Å². The minimum atomic E-state index is -0.163. The number of hydrogen-bond acceptors (Lipinski definition) is 1. The first kappa shape index (κ1) is 13.0. The molecule has 0 bridgehead atoms. The van der Waals surface area contributed by atoms with Crippen LogP contribution in [0.2, 0.25) is 0 Å². The maximum Gasteiger partial charge on any atom is 0.0517 e. The summed E-state index contributed by atoms with van der Waals surface area (Å²) in [7, 11) is 0. The lowest BCUT2D eigenvalue weighted by molar-refractivity contribution is 0.112. The Bertz CT molecular complexity index is 123. The van der Waals surface area contributed by atoms with Crippen LogP contribution < -0.4 is 0 Å². The zero-order chi connectivity index (χ0) is 10.5. The topological polar surface area (TPSA) is 20.2 Å². The Hall–Kier alpha value is -0.0400. The zero-order valence-electron chi connectivity index (χ0n) is 9.93. The molecule has 1 N–H and O–H groups in total. The minimum Gasteiger partial charge on any atom is -0.393 e. The third kappa shape index (κ3) is 6.09. The molecule has 1 unspecified atom stereocenters. The molecule has 0 spiro atoms. The largest absolute Gasteiger partial charge is 0.393 e. The van der Waals surface area contributed by atoms with Crippen molar-refractivity contribution in [3.05, 3.63) is 0 Å². The molecule has 13 heavy (non-hydrogen) atoms. The predicted octanol–water partition coefficient (Wildman–Crippen LogP) is 3.61. The molecule has 0 aromatic carbocycles. The van der Waals surface area contributed by atoms with Gasteiger partial charge in [-0.15, -0.1) is 0 Å². The van der Waals surface area contributed by atoms with Gasteiger partial charge in [0, 0.05) is 0 Å². The van der Waals surface area contributed by atoms with E-state index in [1.54, 1.807) is 0 Å². The van der Waals surface area contributed by atoms with E-state index in [1.807, 2.05) is 6.92 Å². The van der Waals surface area contributed by atoms with Crippen LogP contribution in [0.5, 0.6) is 0 Å². The highest BCUT2D eigenvalue weighted by Gasteiger charge is 2.23. The summed E-state index contributed by atoms with van der Waals surface area (Å²) >= 11 is 0. The van der Waals surface area contributed by atoms with Gasteiger partial charge in [-0.2, -0.15) is 0 Å². The highest BCUT2D eigenvalue weighted by Crippen LogP contribution is 2.33. The molecule has 0 saturated carbocycles. The van der Waals surface area contributed by atoms with E-state index in [1.165, 1.54) is 19.3 Å². The first-order valence-corrected chi connectivity index (χ1v) is 5.59. The van der Waals surface area contributed by atoms with Crippen molar-refractivity contribution in [2.45, 2.75) is 66.4 Å². The Balaban J connectivity index is 3.98. The quantitative estimate of drug-likeness (QED) is 0.672. The van der Waals surface area contributed by atoms with Gasteiger partial charge in [-0.3, -0.25) is 0 Å². The molecule has 0 heterocycles. The SMILES string of the molecule is CCC(CC)CC(C)(C)CC(C)O. The van der Waals surface area contributed by atoms with E-state index in [0.717, 1.165) is 12.3 Å². The van der Waals surface area contributed by atoms with Crippen molar-refractivity contribution in [1.82, 2.24) is 0 Å². The fourth-order valence-electron chi connectivity index (χ4n) is 2.24. The van der Waals surface area contributed by atoms with Gasteiger partial charge < -0.3 is 5.11 Å². The van der Waals surface area contributed by atoms with E-state index in [-0.39, 0.29) is 6.10 Å². The Morgan fingerprint density at radius 1 is 1.08 bits per heavy atom. The minimum absolute atomic E-state index is 0.163. The normalized spacial score (nSPS) is 15.0. The lowest BCUT2D eigenvalue weighted by Gasteiger charge is -2.30. The summed E-state index contributed by atoms with van der Waals surface area (Å²) in [4.78, 5) is 0. The molecule has 0 aliphatic heterocycles. The van der Waals surface area contributed by atoms with Gasteiger partial charge in [-0.05, 0) is 31.1 Å². The average molecular weight is 186 g/mol. The molecule has 0 rings (SSSR count). The van der Waals surface area contributed by atoms with E-state index < -0.39 is 0 Å². The van der Waals surface area contributed by atoms with Gasteiger partial charge in [-0.25, -0.2) is 0 Å². The molecular formula is C12H26O. The van der Waals surface area contributed by atoms with E-state index in [2.05, 4.69) is 27.7 Å². The monoisotopic (exact) mass is 186 g/mol. The van der Waals surface area contributed by atoms with Crippen LogP contribution in [0.4, 0.5) is 0 Å². The predicted molar refractivity (Wildman–Crippen MR) is 58.8 cm³/mol. The molecule has 0 amide bonds. The van der Waals surface area contributed by atoms with Crippen molar-refractivity contribution in [2.75, 3.05) is 0 Å². The Kier molecular flexibility index (Phi) is 5.62. The summed E-state index contributed by atoms with van der Waals surface area (Å²) in [6.07, 6.45) is 4.53. The van der Waals surface area contributed by atoms with Gasteiger partial charge >= 0.3 is 0 Å². The highest BCUT2D eigenvalue weighted by atomic mass is 16.3. The molecule has 0 saturated heterocycles. The first-order chi connectivity index (χ1) is 5.91. The van der Waals surface area contributed by atoms with Crippen LogP contribution in [0, 0.1) is 11.3 Å². The lowest BCUT2D eigenvalue weighted by Crippen LogP contribution is -2.21. The van der Waals surface area contributed by atoms with Crippen LogP contribution in [0.15, 0.2) is 0 Å². The molecule has 0 radical (unpaired) electrons. The van der Waals surface area contributed by atoms with Crippen molar-refractivity contribution >= 4 is 0 Å². The lowest BCUT2D eigenvalue weighted by atomic mass is 9.77. The summed E-state index contributed by atoms with van der Waals surface area (Å²) in [5.41, 5.74) is 0.296. The second-order valence-electron chi connectivity index (χ2n) is 5.10. The maximum absolute atomic E-state index is 9.35. The second kappa shape index (κ2) is 5.64. The van der Waals surface area contributed by atoms with E-state index in [4.69, 9.17) is 0 Å². The Morgan fingerprint density at radius 3 is 1.85 bits per heavy atom. The van der Waals surface area contributed by atoms with Gasteiger partial charge in [0.05, 0.1) is 6.10 Å². The van der Waals surface area contributed by atoms with Crippen LogP contribution >= 0.6 is 0 Å². The third-order valence-electron chi connectivity index (χ3n) is 2.84. The molecule has 1 atom stereocenters. The molecule has 80 valence electrons. The van der Waals surface area contributed by atoms with Crippen molar-refractivity contribution in [1.29, 1.82) is 0 Å². The fourth-order valence-corrected chi connectivity index (χ4v) is 2.24.